The van der Waals surface area contributed by atoms with Crippen molar-refractivity contribution in [3.8, 4) is 6.07 Å². The summed E-state index contributed by atoms with van der Waals surface area (Å²) in [5, 5.41) is 16.6. The predicted molar refractivity (Wildman–Crippen MR) is 131 cm³/mol. The number of nitriles is 1. The lowest BCUT2D eigenvalue weighted by Gasteiger charge is -2.63. The fraction of sp³-hybridized carbons (Fsp3) is 0.577. The Balaban J connectivity index is 1.16. The summed E-state index contributed by atoms with van der Waals surface area (Å²) in [4.78, 5) is 10.3. The summed E-state index contributed by atoms with van der Waals surface area (Å²) >= 11 is 1.73. The quantitative estimate of drug-likeness (QED) is 0.556. The van der Waals surface area contributed by atoms with Gasteiger partial charge in [0.05, 0.1) is 19.4 Å². The van der Waals surface area contributed by atoms with Crippen LogP contribution in [-0.4, -0.2) is 41.8 Å². The number of hydrogen-bond donors (Lipinski definition) is 2. The van der Waals surface area contributed by atoms with Crippen LogP contribution in [-0.2, 0) is 16.0 Å². The van der Waals surface area contributed by atoms with Crippen molar-refractivity contribution in [2.45, 2.75) is 49.3 Å². The zero-order valence-electron chi connectivity index (χ0n) is 19.5. The fourth-order valence-electron chi connectivity index (χ4n) is 7.20. The smallest absolute Gasteiger partial charge is 0.224 e. The SMILES string of the molecule is CSc1ccccc1CNc1ncc(C#N)c(NCC23CC4C[C@H](C2)C2(OCCO2)[C@@H](C4)C3)n1. The Hall–Kier alpha value is -2.34. The first-order chi connectivity index (χ1) is 16.6. The summed E-state index contributed by atoms with van der Waals surface area (Å²) in [5.41, 5.74) is 1.91. The van der Waals surface area contributed by atoms with Crippen LogP contribution in [0.2, 0.25) is 0 Å². The van der Waals surface area contributed by atoms with Crippen LogP contribution in [0.4, 0.5) is 11.8 Å². The third-order valence-electron chi connectivity index (χ3n) is 8.36. The average molecular weight is 478 g/mol. The van der Waals surface area contributed by atoms with Gasteiger partial charge in [0.15, 0.2) is 5.79 Å². The maximum atomic E-state index is 9.66. The molecule has 5 fully saturated rings. The maximum absolute atomic E-state index is 9.66. The summed E-state index contributed by atoms with van der Waals surface area (Å²) in [6, 6.07) is 10.6. The molecule has 4 saturated carbocycles. The molecule has 2 N–H and O–H groups in total. The van der Waals surface area contributed by atoms with Crippen molar-refractivity contribution < 1.29 is 9.47 Å². The van der Waals surface area contributed by atoms with Crippen LogP contribution in [0.1, 0.15) is 43.2 Å². The lowest BCUT2D eigenvalue weighted by Crippen LogP contribution is -2.62. The molecule has 4 atom stereocenters. The largest absolute Gasteiger partial charge is 0.368 e. The second-order valence-electron chi connectivity index (χ2n) is 10.3. The Bertz CT molecular complexity index is 1090. The van der Waals surface area contributed by atoms with E-state index in [-0.39, 0.29) is 11.2 Å². The molecule has 34 heavy (non-hydrogen) atoms. The van der Waals surface area contributed by atoms with Crippen molar-refractivity contribution in [1.82, 2.24) is 9.97 Å². The molecule has 7 nitrogen and oxygen atoms in total. The van der Waals surface area contributed by atoms with Gasteiger partial charge in [-0.2, -0.15) is 10.2 Å². The van der Waals surface area contributed by atoms with Gasteiger partial charge in [-0.1, -0.05) is 18.2 Å². The summed E-state index contributed by atoms with van der Waals surface area (Å²) < 4.78 is 12.5. The van der Waals surface area contributed by atoms with E-state index in [9.17, 15) is 5.26 Å². The molecule has 4 aliphatic carbocycles. The van der Waals surface area contributed by atoms with E-state index in [0.717, 1.165) is 38.5 Å². The van der Waals surface area contributed by atoms with Gasteiger partial charge in [0.1, 0.15) is 17.5 Å². The van der Waals surface area contributed by atoms with Crippen LogP contribution < -0.4 is 10.6 Å². The predicted octanol–water partition coefficient (Wildman–Crippen LogP) is 4.66. The van der Waals surface area contributed by atoms with E-state index in [2.05, 4.69) is 40.1 Å². The molecular formula is C26H31N5O2S. The van der Waals surface area contributed by atoms with E-state index < -0.39 is 0 Å². The van der Waals surface area contributed by atoms with Crippen LogP contribution in [0.3, 0.4) is 0 Å². The molecule has 5 aliphatic rings. The standard InChI is InChI=1S/C26H31N5O2S/c1-34-22-5-3-2-4-18(22)14-28-24-29-15-19(13-27)23(31-24)30-16-25-10-17-8-20(11-25)26(21(9-17)12-25)32-6-7-33-26/h2-5,15,17,20-21H,6-12,14,16H2,1H3,(H2,28,29,30,31)/t17?,20-,21+,25?. The molecule has 0 radical (unpaired) electrons. The molecule has 1 aliphatic heterocycles. The monoisotopic (exact) mass is 477 g/mol. The zero-order chi connectivity index (χ0) is 23.2. The van der Waals surface area contributed by atoms with Crippen molar-refractivity contribution >= 4 is 23.5 Å². The highest BCUT2D eigenvalue weighted by Gasteiger charge is 2.64. The molecule has 2 heterocycles. The van der Waals surface area contributed by atoms with Crippen LogP contribution >= 0.6 is 11.8 Å². The molecule has 4 bridgehead atoms. The van der Waals surface area contributed by atoms with E-state index in [0.29, 0.717) is 35.7 Å². The summed E-state index contributed by atoms with van der Waals surface area (Å²) in [5.74, 6) is 2.56. The summed E-state index contributed by atoms with van der Waals surface area (Å²) in [6.07, 6.45) is 9.63. The van der Waals surface area contributed by atoms with Gasteiger partial charge in [-0.15, -0.1) is 11.8 Å². The summed E-state index contributed by atoms with van der Waals surface area (Å²) in [6.45, 7) is 2.92. The molecule has 1 saturated heterocycles. The zero-order valence-corrected chi connectivity index (χ0v) is 20.4. The van der Waals surface area contributed by atoms with Crippen LogP contribution in [0.5, 0.6) is 0 Å². The molecule has 8 heteroatoms. The van der Waals surface area contributed by atoms with Gasteiger partial charge in [0, 0.05) is 29.8 Å². The number of nitrogens with zero attached hydrogens (tertiary/aromatic N) is 3. The molecule has 0 amide bonds. The molecule has 178 valence electrons. The molecule has 1 spiro atoms. The van der Waals surface area contributed by atoms with Gasteiger partial charge in [-0.05, 0) is 61.3 Å². The van der Waals surface area contributed by atoms with Gasteiger partial charge in [-0.25, -0.2) is 4.98 Å². The van der Waals surface area contributed by atoms with Gasteiger partial charge < -0.3 is 20.1 Å². The lowest BCUT2D eigenvalue weighted by atomic mass is 9.47. The van der Waals surface area contributed by atoms with E-state index in [1.165, 1.54) is 29.7 Å². The average Bonchev–Trinajstić information content (AvgIpc) is 3.36. The minimum Gasteiger partial charge on any atom is -0.368 e. The first-order valence-electron chi connectivity index (χ1n) is 12.3. The minimum absolute atomic E-state index is 0.222. The highest BCUT2D eigenvalue weighted by molar-refractivity contribution is 7.98. The number of anilines is 2. The number of benzene rings is 1. The third-order valence-corrected chi connectivity index (χ3v) is 9.20. The summed E-state index contributed by atoms with van der Waals surface area (Å²) in [7, 11) is 0. The Morgan fingerprint density at radius 3 is 2.62 bits per heavy atom. The number of nitrogens with one attached hydrogen (secondary N) is 2. The minimum atomic E-state index is -0.322. The van der Waals surface area contributed by atoms with E-state index in [4.69, 9.17) is 14.5 Å². The molecule has 2 unspecified atom stereocenters. The van der Waals surface area contributed by atoms with E-state index in [1.54, 1.807) is 18.0 Å². The van der Waals surface area contributed by atoms with Gasteiger partial charge in [-0.3, -0.25) is 0 Å². The van der Waals surface area contributed by atoms with Crippen molar-refractivity contribution in [2.24, 2.45) is 23.2 Å². The van der Waals surface area contributed by atoms with Crippen molar-refractivity contribution in [3.05, 3.63) is 41.6 Å². The van der Waals surface area contributed by atoms with Crippen LogP contribution in [0.15, 0.2) is 35.4 Å². The highest BCUT2D eigenvalue weighted by Crippen LogP contribution is 2.65. The Morgan fingerprint density at radius 1 is 1.12 bits per heavy atom. The second kappa shape index (κ2) is 8.71. The maximum Gasteiger partial charge on any atom is 0.224 e. The van der Waals surface area contributed by atoms with E-state index >= 15 is 0 Å². The number of ether oxygens (including phenoxy) is 2. The molecule has 1 aromatic heterocycles. The number of thioether (sulfide) groups is 1. The molecular weight excluding hydrogens is 446 g/mol. The van der Waals surface area contributed by atoms with E-state index in [1.807, 2.05) is 12.1 Å². The number of rotatable bonds is 7. The highest BCUT2D eigenvalue weighted by atomic mass is 32.2. The van der Waals surface area contributed by atoms with Crippen LogP contribution in [0, 0.1) is 34.5 Å². The third kappa shape index (κ3) is 3.74. The Labute approximate surface area is 205 Å². The van der Waals surface area contributed by atoms with Gasteiger partial charge >= 0.3 is 0 Å². The van der Waals surface area contributed by atoms with Gasteiger partial charge in [0.2, 0.25) is 5.95 Å². The van der Waals surface area contributed by atoms with Crippen molar-refractivity contribution in [3.63, 3.8) is 0 Å². The van der Waals surface area contributed by atoms with Crippen molar-refractivity contribution in [2.75, 3.05) is 36.6 Å². The Morgan fingerprint density at radius 2 is 1.88 bits per heavy atom. The first kappa shape index (κ1) is 22.1. The molecule has 1 aromatic carbocycles. The molecule has 7 rings (SSSR count). The van der Waals surface area contributed by atoms with Gasteiger partial charge in [0.25, 0.3) is 0 Å². The fourth-order valence-corrected chi connectivity index (χ4v) is 7.82. The van der Waals surface area contributed by atoms with Crippen LogP contribution in [0.25, 0.3) is 0 Å². The normalized spacial score (nSPS) is 30.4. The first-order valence-corrected chi connectivity index (χ1v) is 13.5. The number of aromatic nitrogens is 2. The Kier molecular flexibility index (Phi) is 5.67. The lowest BCUT2D eigenvalue weighted by molar-refractivity contribution is -0.301. The topological polar surface area (TPSA) is 92.1 Å². The van der Waals surface area contributed by atoms with Crippen molar-refractivity contribution in [1.29, 1.82) is 5.26 Å². The number of hydrogen-bond acceptors (Lipinski definition) is 8. The second-order valence-corrected chi connectivity index (χ2v) is 11.2. The molecule has 2 aromatic rings.